The highest BCUT2D eigenvalue weighted by molar-refractivity contribution is 7.99. The fourth-order valence-electron chi connectivity index (χ4n) is 2.83. The van der Waals surface area contributed by atoms with Gasteiger partial charge in [0, 0.05) is 43.9 Å². The largest absolute Gasteiger partial charge is 0.496 e. The fraction of sp³-hybridized carbons (Fsp3) is 0.391. The van der Waals surface area contributed by atoms with E-state index in [-0.39, 0.29) is 11.8 Å². The minimum Gasteiger partial charge on any atom is -0.496 e. The molecule has 0 heterocycles. The third kappa shape index (κ3) is 6.00. The zero-order valence-electron chi connectivity index (χ0n) is 18.1. The van der Waals surface area contributed by atoms with E-state index in [9.17, 15) is 9.59 Å². The fourth-order valence-corrected chi connectivity index (χ4v) is 3.81. The highest BCUT2D eigenvalue weighted by Crippen LogP contribution is 2.26. The molecule has 0 N–H and O–H groups in total. The van der Waals surface area contributed by atoms with Gasteiger partial charge in [0.1, 0.15) is 5.75 Å². The first-order valence-corrected chi connectivity index (χ1v) is 10.6. The number of ether oxygens (including phenoxy) is 1. The van der Waals surface area contributed by atoms with Crippen LogP contribution in [0.4, 0.5) is 0 Å². The van der Waals surface area contributed by atoms with Crippen LogP contribution in [0.1, 0.15) is 46.0 Å². The van der Waals surface area contributed by atoms with Crippen LogP contribution < -0.4 is 4.74 Å². The molecule has 0 unspecified atom stereocenters. The number of thioether (sulfide) groups is 1. The molecule has 29 heavy (non-hydrogen) atoms. The Labute approximate surface area is 178 Å². The molecule has 0 radical (unpaired) electrons. The summed E-state index contributed by atoms with van der Waals surface area (Å²) >= 11 is 1.63. The van der Waals surface area contributed by atoms with Gasteiger partial charge in [-0.15, -0.1) is 11.8 Å². The Hall–Kier alpha value is -2.47. The molecular weight excluding hydrogens is 384 g/mol. The van der Waals surface area contributed by atoms with E-state index in [1.54, 1.807) is 49.8 Å². The number of carbonyl (C=O) groups is 2. The molecule has 0 saturated heterocycles. The van der Waals surface area contributed by atoms with Crippen molar-refractivity contribution in [1.29, 1.82) is 0 Å². The molecule has 0 atom stereocenters. The van der Waals surface area contributed by atoms with Crippen LogP contribution in [-0.2, 0) is 0 Å². The summed E-state index contributed by atoms with van der Waals surface area (Å²) in [5.41, 5.74) is 2.38. The summed E-state index contributed by atoms with van der Waals surface area (Å²) in [5.74, 6) is 1.63. The molecule has 0 fully saturated rings. The number of hydrogen-bond acceptors (Lipinski definition) is 4. The van der Waals surface area contributed by atoms with Crippen LogP contribution >= 0.6 is 11.8 Å². The van der Waals surface area contributed by atoms with Gasteiger partial charge in [0.15, 0.2) is 0 Å². The Bertz CT molecular complexity index is 865. The normalized spacial score (nSPS) is 10.7. The average Bonchev–Trinajstić information content (AvgIpc) is 2.72. The summed E-state index contributed by atoms with van der Waals surface area (Å²) in [7, 11) is 6.87. The lowest BCUT2D eigenvalue weighted by Crippen LogP contribution is -2.29. The van der Waals surface area contributed by atoms with Gasteiger partial charge in [0.05, 0.1) is 12.7 Å². The van der Waals surface area contributed by atoms with Crippen LogP contribution in [0.5, 0.6) is 5.75 Å². The van der Waals surface area contributed by atoms with Gasteiger partial charge >= 0.3 is 0 Å². The third-order valence-corrected chi connectivity index (χ3v) is 5.63. The Morgan fingerprint density at radius 1 is 1.03 bits per heavy atom. The molecule has 6 heteroatoms. The predicted molar refractivity (Wildman–Crippen MR) is 119 cm³/mol. The quantitative estimate of drug-likeness (QED) is 0.602. The van der Waals surface area contributed by atoms with Crippen LogP contribution in [0.15, 0.2) is 47.4 Å². The molecule has 0 aliphatic heterocycles. The lowest BCUT2D eigenvalue weighted by Gasteiger charge is -2.19. The van der Waals surface area contributed by atoms with Gasteiger partial charge in [0.2, 0.25) is 0 Å². The molecular formula is C23H30N2O3S. The maximum atomic E-state index is 12.9. The summed E-state index contributed by atoms with van der Waals surface area (Å²) in [6, 6.07) is 13.3. The molecule has 0 saturated carbocycles. The SMILES string of the molecule is COc1cc(C(C)C)ccc1C(=O)N(C)CCSc1cccc(C(=O)N(C)C)c1. The lowest BCUT2D eigenvalue weighted by molar-refractivity contribution is 0.0798. The van der Waals surface area contributed by atoms with Crippen molar-refractivity contribution >= 4 is 23.6 Å². The molecule has 0 aliphatic rings. The highest BCUT2D eigenvalue weighted by Gasteiger charge is 2.18. The molecule has 2 amide bonds. The van der Waals surface area contributed by atoms with E-state index >= 15 is 0 Å². The second kappa shape index (κ2) is 10.3. The van der Waals surface area contributed by atoms with Crippen molar-refractivity contribution in [2.45, 2.75) is 24.7 Å². The number of carbonyl (C=O) groups excluding carboxylic acids is 2. The standard InChI is InChI=1S/C23H30N2O3S/c1-16(2)17-10-11-20(21(15-17)28-6)23(27)25(5)12-13-29-19-9-7-8-18(14-19)22(26)24(3)4/h7-11,14-16H,12-13H2,1-6H3. The third-order valence-electron chi connectivity index (χ3n) is 4.65. The van der Waals surface area contributed by atoms with E-state index in [0.29, 0.717) is 29.3 Å². The molecule has 0 spiro atoms. The molecule has 2 rings (SSSR count). The Morgan fingerprint density at radius 2 is 1.76 bits per heavy atom. The van der Waals surface area contributed by atoms with Crippen molar-refractivity contribution in [3.05, 3.63) is 59.2 Å². The number of amides is 2. The Morgan fingerprint density at radius 3 is 2.38 bits per heavy atom. The van der Waals surface area contributed by atoms with Crippen molar-refractivity contribution in [2.24, 2.45) is 0 Å². The van der Waals surface area contributed by atoms with E-state index in [4.69, 9.17) is 4.74 Å². The van der Waals surface area contributed by atoms with Crippen LogP contribution in [0, 0.1) is 0 Å². The first kappa shape index (κ1) is 22.8. The van der Waals surface area contributed by atoms with Crippen molar-refractivity contribution in [1.82, 2.24) is 9.80 Å². The highest BCUT2D eigenvalue weighted by atomic mass is 32.2. The molecule has 0 aromatic heterocycles. The van der Waals surface area contributed by atoms with E-state index in [1.165, 1.54) is 0 Å². The second-order valence-electron chi connectivity index (χ2n) is 7.42. The summed E-state index contributed by atoms with van der Waals surface area (Å²) in [6.45, 7) is 4.81. The van der Waals surface area contributed by atoms with Crippen molar-refractivity contribution in [3.8, 4) is 5.75 Å². The Kier molecular flexibility index (Phi) is 8.14. The van der Waals surface area contributed by atoms with Crippen LogP contribution in [0.25, 0.3) is 0 Å². The first-order valence-electron chi connectivity index (χ1n) is 9.62. The molecule has 156 valence electrons. The zero-order valence-corrected chi connectivity index (χ0v) is 18.9. The van der Waals surface area contributed by atoms with Crippen LogP contribution in [-0.4, -0.2) is 62.2 Å². The van der Waals surface area contributed by atoms with E-state index in [0.717, 1.165) is 16.2 Å². The van der Waals surface area contributed by atoms with Crippen LogP contribution in [0.2, 0.25) is 0 Å². The van der Waals surface area contributed by atoms with E-state index in [2.05, 4.69) is 13.8 Å². The Balaban J connectivity index is 1.99. The smallest absolute Gasteiger partial charge is 0.257 e. The maximum absolute atomic E-state index is 12.9. The molecule has 2 aromatic rings. The first-order chi connectivity index (χ1) is 13.7. The van der Waals surface area contributed by atoms with Crippen molar-refractivity contribution in [3.63, 3.8) is 0 Å². The summed E-state index contributed by atoms with van der Waals surface area (Å²) in [4.78, 5) is 29.2. The van der Waals surface area contributed by atoms with Crippen molar-refractivity contribution < 1.29 is 14.3 Å². The number of nitrogens with zero attached hydrogens (tertiary/aromatic N) is 2. The number of hydrogen-bond donors (Lipinski definition) is 0. The molecule has 2 aromatic carbocycles. The van der Waals surface area contributed by atoms with Crippen molar-refractivity contribution in [2.75, 3.05) is 40.6 Å². The monoisotopic (exact) mass is 414 g/mol. The summed E-state index contributed by atoms with van der Waals surface area (Å²) in [5, 5.41) is 0. The summed E-state index contributed by atoms with van der Waals surface area (Å²) in [6.07, 6.45) is 0. The molecule has 0 bridgehead atoms. The minimum atomic E-state index is -0.0608. The van der Waals surface area contributed by atoms with E-state index < -0.39 is 0 Å². The second-order valence-corrected chi connectivity index (χ2v) is 8.59. The minimum absolute atomic E-state index is 0.0170. The number of benzene rings is 2. The van der Waals surface area contributed by atoms with Gasteiger partial charge in [-0.05, 0) is 41.8 Å². The summed E-state index contributed by atoms with van der Waals surface area (Å²) < 4.78 is 5.45. The number of methoxy groups -OCH3 is 1. The zero-order chi connectivity index (χ0) is 21.6. The predicted octanol–water partition coefficient (Wildman–Crippen LogP) is 4.38. The van der Waals surface area contributed by atoms with Gasteiger partial charge in [-0.3, -0.25) is 9.59 Å². The lowest BCUT2D eigenvalue weighted by atomic mass is 10.0. The molecule has 5 nitrogen and oxygen atoms in total. The van der Waals surface area contributed by atoms with Gasteiger partial charge in [0.25, 0.3) is 11.8 Å². The van der Waals surface area contributed by atoms with Gasteiger partial charge in [-0.1, -0.05) is 26.0 Å². The van der Waals surface area contributed by atoms with Gasteiger partial charge < -0.3 is 14.5 Å². The van der Waals surface area contributed by atoms with E-state index in [1.807, 2.05) is 42.5 Å². The van der Waals surface area contributed by atoms with Crippen LogP contribution in [0.3, 0.4) is 0 Å². The number of rotatable bonds is 8. The molecule has 0 aliphatic carbocycles. The average molecular weight is 415 g/mol. The maximum Gasteiger partial charge on any atom is 0.257 e. The van der Waals surface area contributed by atoms with Gasteiger partial charge in [-0.2, -0.15) is 0 Å². The topological polar surface area (TPSA) is 49.9 Å². The van der Waals surface area contributed by atoms with Gasteiger partial charge in [-0.25, -0.2) is 0 Å².